The van der Waals surface area contributed by atoms with Gasteiger partial charge in [0.1, 0.15) is 0 Å². The second-order valence-electron chi connectivity index (χ2n) is 7.40. The summed E-state index contributed by atoms with van der Waals surface area (Å²) in [7, 11) is 2.41. The van der Waals surface area contributed by atoms with Gasteiger partial charge in [0, 0.05) is 32.4 Å². The maximum absolute atomic E-state index is 12.6. The Balaban J connectivity index is 0.000000370. The predicted octanol–water partition coefficient (Wildman–Crippen LogP) is 0.927. The molecule has 0 aliphatic carbocycles. The summed E-state index contributed by atoms with van der Waals surface area (Å²) in [5.41, 5.74) is -0.148. The van der Waals surface area contributed by atoms with Crippen molar-refractivity contribution in [1.82, 2.24) is 18.8 Å². The van der Waals surface area contributed by atoms with Crippen LogP contribution in [-0.4, -0.2) is 89.9 Å². The van der Waals surface area contributed by atoms with E-state index in [1.54, 1.807) is 17.8 Å². The molecule has 1 aromatic heterocycles. The number of aliphatic carboxylic acids is 1. The van der Waals surface area contributed by atoms with Crippen LogP contribution in [0.3, 0.4) is 0 Å². The summed E-state index contributed by atoms with van der Waals surface area (Å²) in [6, 6.07) is 0.430. The summed E-state index contributed by atoms with van der Waals surface area (Å²) in [5, 5.41) is 7.25. The Hall–Kier alpha value is -1.70. The molecule has 2 saturated heterocycles. The number of sulfonamides is 1. The van der Waals surface area contributed by atoms with Crippen molar-refractivity contribution in [2.45, 2.75) is 42.1 Å². The molecule has 0 saturated carbocycles. The molecule has 1 unspecified atom stereocenters. The first-order valence-electron chi connectivity index (χ1n) is 8.85. The molecule has 1 aromatic rings. The molecule has 3 heterocycles. The highest BCUT2D eigenvalue weighted by Crippen LogP contribution is 2.38. The lowest BCUT2D eigenvalue weighted by Crippen LogP contribution is -2.46. The van der Waals surface area contributed by atoms with Gasteiger partial charge in [-0.1, -0.05) is 0 Å². The Kier molecular flexibility index (Phi) is 6.97. The lowest BCUT2D eigenvalue weighted by atomic mass is 9.88. The van der Waals surface area contributed by atoms with E-state index in [0.717, 1.165) is 25.9 Å². The van der Waals surface area contributed by atoms with Gasteiger partial charge in [-0.25, -0.2) is 18.2 Å². The van der Waals surface area contributed by atoms with E-state index >= 15 is 0 Å². The first kappa shape index (κ1) is 23.6. The van der Waals surface area contributed by atoms with E-state index in [2.05, 4.69) is 24.0 Å². The summed E-state index contributed by atoms with van der Waals surface area (Å²) < 4.78 is 66.1. The lowest BCUT2D eigenvalue weighted by Gasteiger charge is -2.37. The molecule has 2 aliphatic rings. The third-order valence-electron chi connectivity index (χ3n) is 5.08. The van der Waals surface area contributed by atoms with Gasteiger partial charge in [-0.05, 0) is 33.4 Å². The van der Waals surface area contributed by atoms with Crippen molar-refractivity contribution in [2.24, 2.45) is 7.05 Å². The number of hydrogen-bond donors (Lipinski definition) is 1. The molecule has 3 rings (SSSR count). The second-order valence-corrected chi connectivity index (χ2v) is 9.28. The number of piperidine rings is 1. The Morgan fingerprint density at radius 1 is 1.34 bits per heavy atom. The average Bonchev–Trinajstić information content (AvgIpc) is 3.22. The molecular weight excluding hydrogens is 417 g/mol. The molecule has 0 aromatic carbocycles. The molecule has 166 valence electrons. The van der Waals surface area contributed by atoms with E-state index in [1.165, 1.54) is 10.6 Å². The smallest absolute Gasteiger partial charge is 0.475 e. The molecule has 1 atom stereocenters. The Bertz CT molecular complexity index is 817. The van der Waals surface area contributed by atoms with Crippen molar-refractivity contribution in [1.29, 1.82) is 0 Å². The van der Waals surface area contributed by atoms with Crippen LogP contribution in [0.1, 0.15) is 19.3 Å². The van der Waals surface area contributed by atoms with Crippen molar-refractivity contribution in [3.05, 3.63) is 12.5 Å². The second kappa shape index (κ2) is 8.58. The molecular formula is C16H25F3N4O5S. The topological polar surface area (TPSA) is 105 Å². The molecule has 0 radical (unpaired) electrons. The van der Waals surface area contributed by atoms with Crippen LogP contribution < -0.4 is 0 Å². The van der Waals surface area contributed by atoms with Crippen LogP contribution in [0, 0.1) is 0 Å². The van der Waals surface area contributed by atoms with Crippen LogP contribution in [0.15, 0.2) is 17.6 Å². The normalized spacial score (nSPS) is 22.5. The van der Waals surface area contributed by atoms with Crippen LogP contribution in [-0.2, 0) is 26.6 Å². The fourth-order valence-electron chi connectivity index (χ4n) is 3.29. The first-order valence-corrected chi connectivity index (χ1v) is 10.3. The van der Waals surface area contributed by atoms with Crippen LogP contribution in [0.5, 0.6) is 0 Å². The highest BCUT2D eigenvalue weighted by molar-refractivity contribution is 7.89. The number of ether oxygens (including phenoxy) is 1. The summed E-state index contributed by atoms with van der Waals surface area (Å²) in [4.78, 5) is 15.1. The fraction of sp³-hybridized carbons (Fsp3) is 0.750. The zero-order chi connectivity index (χ0) is 22.0. The number of carboxylic acids is 1. The molecule has 9 nitrogen and oxygen atoms in total. The maximum Gasteiger partial charge on any atom is 0.490 e. The highest BCUT2D eigenvalue weighted by Gasteiger charge is 2.45. The van der Waals surface area contributed by atoms with Gasteiger partial charge in [-0.2, -0.15) is 17.5 Å². The number of carbonyl (C=O) groups is 1. The van der Waals surface area contributed by atoms with Crippen molar-refractivity contribution in [3.63, 3.8) is 0 Å². The lowest BCUT2D eigenvalue weighted by molar-refractivity contribution is -0.192. The van der Waals surface area contributed by atoms with E-state index in [1.807, 2.05) is 0 Å². The minimum absolute atomic E-state index is 0.129. The Morgan fingerprint density at radius 3 is 2.28 bits per heavy atom. The Morgan fingerprint density at radius 2 is 1.90 bits per heavy atom. The number of carboxylic acid groups (broad SMARTS) is 1. The first-order chi connectivity index (χ1) is 13.3. The molecule has 1 N–H and O–H groups in total. The van der Waals surface area contributed by atoms with E-state index in [4.69, 9.17) is 14.6 Å². The SMILES string of the molecule is CN(C)C1COC2(CCN(S(=O)(=O)c3cn(C)cn3)CC2)C1.O=C(O)C(F)(F)F. The zero-order valence-corrected chi connectivity index (χ0v) is 17.2. The fourth-order valence-corrected chi connectivity index (χ4v) is 4.70. The number of halogens is 3. The number of nitrogens with zero attached hydrogens (tertiary/aromatic N) is 4. The minimum atomic E-state index is -5.08. The summed E-state index contributed by atoms with van der Waals surface area (Å²) >= 11 is 0. The molecule has 13 heteroatoms. The van der Waals surface area contributed by atoms with E-state index < -0.39 is 22.2 Å². The number of hydrogen-bond acceptors (Lipinski definition) is 6. The van der Waals surface area contributed by atoms with E-state index in [0.29, 0.717) is 19.1 Å². The van der Waals surface area contributed by atoms with Crippen LogP contribution in [0.2, 0.25) is 0 Å². The Labute approximate surface area is 167 Å². The van der Waals surface area contributed by atoms with Gasteiger partial charge in [-0.15, -0.1) is 0 Å². The summed E-state index contributed by atoms with van der Waals surface area (Å²) in [5.74, 6) is -2.76. The van der Waals surface area contributed by atoms with Gasteiger partial charge in [0.2, 0.25) is 0 Å². The van der Waals surface area contributed by atoms with Crippen LogP contribution in [0.4, 0.5) is 13.2 Å². The van der Waals surface area contributed by atoms with Gasteiger partial charge in [0.05, 0.1) is 18.5 Å². The van der Waals surface area contributed by atoms with Crippen LogP contribution in [0.25, 0.3) is 0 Å². The predicted molar refractivity (Wildman–Crippen MR) is 95.7 cm³/mol. The summed E-state index contributed by atoms with van der Waals surface area (Å²) in [6.07, 6.45) is 0.470. The van der Waals surface area contributed by atoms with Gasteiger partial charge in [-0.3, -0.25) is 0 Å². The van der Waals surface area contributed by atoms with Crippen LogP contribution >= 0.6 is 0 Å². The van der Waals surface area contributed by atoms with Crippen molar-refractivity contribution in [2.75, 3.05) is 33.8 Å². The quantitative estimate of drug-likeness (QED) is 0.742. The number of alkyl halides is 3. The summed E-state index contributed by atoms with van der Waals surface area (Å²) in [6.45, 7) is 1.73. The largest absolute Gasteiger partial charge is 0.490 e. The number of imidazole rings is 1. The molecule has 1 spiro atoms. The van der Waals surface area contributed by atoms with Gasteiger partial charge >= 0.3 is 12.1 Å². The van der Waals surface area contributed by atoms with Gasteiger partial charge < -0.3 is 19.3 Å². The van der Waals surface area contributed by atoms with E-state index in [9.17, 15) is 21.6 Å². The van der Waals surface area contributed by atoms with Crippen molar-refractivity contribution in [3.8, 4) is 0 Å². The molecule has 29 heavy (non-hydrogen) atoms. The molecule has 0 amide bonds. The third kappa shape index (κ3) is 5.68. The molecule has 2 fully saturated rings. The van der Waals surface area contributed by atoms with Crippen molar-refractivity contribution < 1.29 is 36.2 Å². The van der Waals surface area contributed by atoms with Gasteiger partial charge in [0.25, 0.3) is 10.0 Å². The minimum Gasteiger partial charge on any atom is -0.475 e. The third-order valence-corrected chi connectivity index (χ3v) is 6.87. The number of aromatic nitrogens is 2. The zero-order valence-electron chi connectivity index (χ0n) is 16.4. The monoisotopic (exact) mass is 442 g/mol. The van der Waals surface area contributed by atoms with Gasteiger partial charge in [0.15, 0.2) is 5.03 Å². The number of rotatable bonds is 3. The number of aryl methyl sites for hydroxylation is 1. The maximum atomic E-state index is 12.6. The molecule has 2 aliphatic heterocycles. The highest BCUT2D eigenvalue weighted by atomic mass is 32.2. The standard InChI is InChI=1S/C14H24N4O3S.C2HF3O2/c1-16(2)12-8-14(21-10-12)4-6-18(7-5-14)22(19,20)13-9-17(3)11-15-13;3-2(4,5)1(6)7/h9,11-12H,4-8,10H2,1-3H3;(H,6,7). The number of likely N-dealkylation sites (N-methyl/N-ethyl adjacent to an activating group) is 1. The van der Waals surface area contributed by atoms with Crippen molar-refractivity contribution >= 4 is 16.0 Å². The van der Waals surface area contributed by atoms with E-state index in [-0.39, 0.29) is 10.6 Å². The molecule has 0 bridgehead atoms. The average molecular weight is 442 g/mol.